The van der Waals surface area contributed by atoms with Crippen LogP contribution in [0.3, 0.4) is 0 Å². The van der Waals surface area contributed by atoms with Crippen molar-refractivity contribution < 1.29 is 0 Å². The second-order valence-corrected chi connectivity index (χ2v) is 25.8. The van der Waals surface area contributed by atoms with Gasteiger partial charge in [-0.25, -0.2) is 0 Å². The van der Waals surface area contributed by atoms with E-state index < -0.39 is 0 Å². The highest BCUT2D eigenvalue weighted by molar-refractivity contribution is 4.71. The molecule has 0 rings (SSSR count). The highest BCUT2D eigenvalue weighted by Gasteiger charge is 2.12. The Morgan fingerprint density at radius 3 is 0.699 bits per heavy atom. The zero-order chi connectivity index (χ0) is 63.6. The third-order valence-electron chi connectivity index (χ3n) is 13.8. The number of hydrogen-bond acceptors (Lipinski definition) is 18. The van der Waals surface area contributed by atoms with Crippen molar-refractivity contribution in [3.63, 3.8) is 0 Å². The number of rotatable bonds is 56. The Hall–Kier alpha value is -0.720. The molecule has 508 valence electrons. The van der Waals surface area contributed by atoms with Gasteiger partial charge < -0.3 is 99.9 Å². The van der Waals surface area contributed by atoms with E-state index in [0.717, 1.165) is 124 Å². The average Bonchev–Trinajstić information content (AvgIpc) is 3.38. The summed E-state index contributed by atoms with van der Waals surface area (Å²) in [5.74, 6) is 0. The van der Waals surface area contributed by atoms with Crippen LogP contribution in [-0.2, 0) is 0 Å². The number of hydrogen-bond donors (Lipinski definition) is 16. The van der Waals surface area contributed by atoms with Crippen molar-refractivity contribution >= 4 is 0 Å². The summed E-state index contributed by atoms with van der Waals surface area (Å²) in [5.41, 5.74) is 68.4. The molecule has 83 heavy (non-hydrogen) atoms. The predicted molar refractivity (Wildman–Crippen MR) is 373 cm³/mol. The second kappa shape index (κ2) is 73.7. The van der Waals surface area contributed by atoms with E-state index >= 15 is 0 Å². The zero-order valence-electron chi connectivity index (χ0n) is 57.4. The Bertz CT molecular complexity index is 1050. The molecule has 0 saturated heterocycles. The molecule has 0 aliphatic carbocycles. The molecule has 0 aliphatic heterocycles. The number of unbranched alkanes of at least 4 members (excludes halogenated alkanes) is 19. The van der Waals surface area contributed by atoms with Gasteiger partial charge in [0, 0.05) is 93.1 Å². The van der Waals surface area contributed by atoms with Gasteiger partial charge in [0.25, 0.3) is 0 Å². The van der Waals surface area contributed by atoms with Gasteiger partial charge in [-0.1, -0.05) is 103 Å². The van der Waals surface area contributed by atoms with Gasteiger partial charge in [0.2, 0.25) is 0 Å². The summed E-state index contributed by atoms with van der Waals surface area (Å²) in [6.07, 6.45) is 36.5. The minimum atomic E-state index is 0.203. The molecule has 0 amide bonds. The van der Waals surface area contributed by atoms with Gasteiger partial charge in [0.05, 0.1) is 0 Å². The summed E-state index contributed by atoms with van der Waals surface area (Å²) in [6.45, 7) is 36.7. The summed E-state index contributed by atoms with van der Waals surface area (Å²) in [5, 5.41) is 13.6. The molecule has 0 aromatic rings. The third kappa shape index (κ3) is 101. The molecule has 18 nitrogen and oxygen atoms in total. The SMILES string of the molecule is CC(N)CCCCCCCCN.CC(N)CCCCCCCCNCC(C)N.CC(N)CCNCCCCCCN.CC(N)CCNCCCCCCNCCC(C)N.CC(N)CN(CCCCCCN(CC(C)N)CC(C)N)CC(C)N. The first-order valence-electron chi connectivity index (χ1n) is 34.7. The van der Waals surface area contributed by atoms with E-state index in [1.807, 2.05) is 13.8 Å². The number of nitrogens with two attached hydrogens (primary N) is 12. The summed E-state index contributed by atoms with van der Waals surface area (Å²) >= 11 is 0. The topological polar surface area (TPSA) is 367 Å². The monoisotopic (exact) mass is 1190 g/mol. The van der Waals surface area contributed by atoms with Crippen molar-refractivity contribution in [2.45, 2.75) is 316 Å². The Morgan fingerprint density at radius 2 is 0.458 bits per heavy atom. The number of nitrogens with zero attached hydrogens (tertiary/aromatic N) is 2. The molecule has 0 radical (unpaired) electrons. The maximum absolute atomic E-state index is 5.93. The predicted octanol–water partition coefficient (Wildman–Crippen LogP) is 6.60. The lowest BCUT2D eigenvalue weighted by Crippen LogP contribution is -2.42. The molecule has 0 heterocycles. The van der Waals surface area contributed by atoms with Crippen LogP contribution in [0.1, 0.15) is 255 Å². The molecule has 28 N–H and O–H groups in total. The fourth-order valence-corrected chi connectivity index (χ4v) is 9.20. The molecule has 0 spiro atoms. The molecule has 0 bridgehead atoms. The molecular weight excluding hydrogens is 1030 g/mol. The minimum Gasteiger partial charge on any atom is -0.330 e. The van der Waals surface area contributed by atoms with Gasteiger partial charge in [0.15, 0.2) is 0 Å². The lowest BCUT2D eigenvalue weighted by atomic mass is 10.1. The van der Waals surface area contributed by atoms with E-state index in [0.29, 0.717) is 30.2 Å². The largest absolute Gasteiger partial charge is 0.330 e. The quantitative estimate of drug-likeness (QED) is 0.0285. The van der Waals surface area contributed by atoms with Crippen LogP contribution in [0, 0.1) is 0 Å². The van der Waals surface area contributed by atoms with Crippen LogP contribution in [0.15, 0.2) is 0 Å². The molecule has 18 heteroatoms. The maximum atomic E-state index is 5.93. The summed E-state index contributed by atoms with van der Waals surface area (Å²) < 4.78 is 0. The second-order valence-electron chi connectivity index (χ2n) is 25.8. The van der Waals surface area contributed by atoms with Crippen molar-refractivity contribution in [1.29, 1.82) is 0 Å². The third-order valence-corrected chi connectivity index (χ3v) is 13.8. The maximum Gasteiger partial charge on any atom is 0.0139 e. The Kier molecular flexibility index (Phi) is 80.9. The molecule has 0 saturated carbocycles. The first-order valence-corrected chi connectivity index (χ1v) is 34.7. The van der Waals surface area contributed by atoms with Gasteiger partial charge in [-0.2, -0.15) is 0 Å². The molecule has 0 aromatic heterocycles. The average molecular weight is 1190 g/mol. The molecule has 0 fully saturated rings. The molecule has 10 unspecified atom stereocenters. The number of nitrogens with one attached hydrogen (secondary N) is 4. The summed E-state index contributed by atoms with van der Waals surface area (Å²) in [7, 11) is 0. The zero-order valence-corrected chi connectivity index (χ0v) is 57.4. The van der Waals surface area contributed by atoms with E-state index in [1.54, 1.807) is 0 Å². The van der Waals surface area contributed by atoms with Crippen LogP contribution >= 0.6 is 0 Å². The van der Waals surface area contributed by atoms with Crippen molar-refractivity contribution in [1.82, 2.24) is 31.1 Å². The molecular formula is C65H158N18. The van der Waals surface area contributed by atoms with E-state index in [4.69, 9.17) is 68.8 Å². The van der Waals surface area contributed by atoms with Crippen LogP contribution in [0.4, 0.5) is 0 Å². The van der Waals surface area contributed by atoms with Gasteiger partial charge in [-0.05, 0) is 225 Å². The van der Waals surface area contributed by atoms with Gasteiger partial charge in [0.1, 0.15) is 0 Å². The Labute approximate surface area is 518 Å². The summed E-state index contributed by atoms with van der Waals surface area (Å²) in [6, 6.07) is 2.81. The van der Waals surface area contributed by atoms with E-state index in [2.05, 4.69) is 86.5 Å². The van der Waals surface area contributed by atoms with Gasteiger partial charge in [-0.15, -0.1) is 0 Å². The fraction of sp³-hybridized carbons (Fsp3) is 1.00. The van der Waals surface area contributed by atoms with Crippen molar-refractivity contribution in [3.8, 4) is 0 Å². The minimum absolute atomic E-state index is 0.203. The normalized spacial score (nSPS) is 15.0. The van der Waals surface area contributed by atoms with Crippen LogP contribution in [0.5, 0.6) is 0 Å². The lowest BCUT2D eigenvalue weighted by molar-refractivity contribution is 0.234. The smallest absolute Gasteiger partial charge is 0.0139 e. The summed E-state index contributed by atoms with van der Waals surface area (Å²) in [4.78, 5) is 4.79. The molecule has 0 aliphatic rings. The van der Waals surface area contributed by atoms with Gasteiger partial charge in [-0.3, -0.25) is 0 Å². The van der Waals surface area contributed by atoms with E-state index in [-0.39, 0.29) is 30.2 Å². The van der Waals surface area contributed by atoms with Crippen LogP contribution in [0.25, 0.3) is 0 Å². The Morgan fingerprint density at radius 1 is 0.229 bits per heavy atom. The van der Waals surface area contributed by atoms with Crippen molar-refractivity contribution in [3.05, 3.63) is 0 Å². The van der Waals surface area contributed by atoms with Crippen LogP contribution < -0.4 is 90.1 Å². The standard InChI is InChI=1S/C18H44N6.C14H34N4.C13H31N3.C10H25N3.C10H24N2/c1-15(19)11-23(12-16(2)20)9-7-5-6-8-10-24(13-17(3)21)14-18(4)22;1-13(15)7-11-17-9-5-3-4-6-10-18-12-8-14(2)16;1-12(14)9-7-5-3-4-6-8-10-16-11-13(2)15;1-10(12)6-9-13-8-5-3-2-4-7-11;1-10(12)8-6-4-2-3-5-7-9-11/h15-18H,5-14,19-22H2,1-4H3;13-14,17-18H,3-12,15-16H2,1-2H3;12-13,16H,3-11,14-15H2,1-2H3;10,13H,2-9,11-12H2,1H3;10H,2-9,11-12H2,1H3. The van der Waals surface area contributed by atoms with Crippen molar-refractivity contribution in [2.75, 3.05) is 105 Å². The van der Waals surface area contributed by atoms with Gasteiger partial charge >= 0.3 is 0 Å². The van der Waals surface area contributed by atoms with Crippen LogP contribution in [0.2, 0.25) is 0 Å². The van der Waals surface area contributed by atoms with E-state index in [9.17, 15) is 0 Å². The highest BCUT2D eigenvalue weighted by atomic mass is 15.1. The highest BCUT2D eigenvalue weighted by Crippen LogP contribution is 2.10. The first kappa shape index (κ1) is 91.0. The first-order chi connectivity index (χ1) is 39.5. The fourth-order valence-electron chi connectivity index (χ4n) is 9.20. The van der Waals surface area contributed by atoms with Crippen molar-refractivity contribution in [2.24, 2.45) is 68.8 Å². The molecule has 0 aromatic carbocycles. The molecule has 10 atom stereocenters. The van der Waals surface area contributed by atoms with Crippen LogP contribution in [-0.4, -0.2) is 175 Å². The van der Waals surface area contributed by atoms with E-state index in [1.165, 1.54) is 167 Å². The Balaban J connectivity index is -0.000000312. The lowest BCUT2D eigenvalue weighted by Gasteiger charge is -2.26.